The van der Waals surface area contributed by atoms with Crippen molar-refractivity contribution in [2.45, 2.75) is 25.2 Å². The molecule has 0 aliphatic heterocycles. The van der Waals surface area contributed by atoms with E-state index in [-0.39, 0.29) is 0 Å². The summed E-state index contributed by atoms with van der Waals surface area (Å²) in [4.78, 5) is 0.593. The molecule has 6 heteroatoms. The summed E-state index contributed by atoms with van der Waals surface area (Å²) in [6.45, 7) is 3.31. The fourth-order valence-electron chi connectivity index (χ4n) is 1.09. The van der Waals surface area contributed by atoms with E-state index in [0.717, 1.165) is 11.8 Å². The van der Waals surface area contributed by atoms with Crippen LogP contribution in [0.5, 0.6) is 0 Å². The van der Waals surface area contributed by atoms with Crippen LogP contribution in [0.3, 0.4) is 0 Å². The van der Waals surface area contributed by atoms with E-state index in [2.05, 4.69) is 0 Å². The van der Waals surface area contributed by atoms with Crippen LogP contribution >= 0.6 is 22.9 Å². The lowest BCUT2D eigenvalue weighted by atomic mass is 10.2. The highest BCUT2D eigenvalue weighted by atomic mass is 35.5. The van der Waals surface area contributed by atoms with E-state index in [1.165, 1.54) is 18.3 Å². The van der Waals surface area contributed by atoms with Crippen molar-refractivity contribution in [1.29, 1.82) is 0 Å². The second-order valence-corrected chi connectivity index (χ2v) is 7.67. The van der Waals surface area contributed by atoms with Crippen LogP contribution in [0.4, 0.5) is 0 Å². The molecule has 1 rings (SSSR count). The highest BCUT2D eigenvalue weighted by Gasteiger charge is 2.27. The van der Waals surface area contributed by atoms with Crippen molar-refractivity contribution in [2.75, 3.05) is 6.26 Å². The first-order valence-corrected chi connectivity index (χ1v) is 7.51. The Bertz CT molecular complexity index is 430. The second-order valence-electron chi connectivity index (χ2n) is 3.58. The Morgan fingerprint density at radius 2 is 2.07 bits per heavy atom. The van der Waals surface area contributed by atoms with E-state index in [9.17, 15) is 13.5 Å². The number of halogens is 1. The molecule has 1 aromatic heterocycles. The van der Waals surface area contributed by atoms with E-state index >= 15 is 0 Å². The molecule has 1 aromatic rings. The number of aryl methyl sites for hydroxylation is 1. The van der Waals surface area contributed by atoms with Gasteiger partial charge in [0.1, 0.15) is 6.10 Å². The fraction of sp³-hybridized carbons (Fsp3) is 0.556. The summed E-state index contributed by atoms with van der Waals surface area (Å²) in [6, 6.07) is 1.72. The van der Waals surface area contributed by atoms with E-state index in [1.54, 1.807) is 6.07 Å². The molecule has 86 valence electrons. The third-order valence-corrected chi connectivity index (χ3v) is 5.52. The quantitative estimate of drug-likeness (QED) is 0.914. The van der Waals surface area contributed by atoms with Crippen molar-refractivity contribution in [1.82, 2.24) is 0 Å². The molecular formula is C9H13ClO3S2. The molecule has 0 amide bonds. The first-order valence-electron chi connectivity index (χ1n) is 4.36. The maximum atomic E-state index is 11.2. The Morgan fingerprint density at radius 1 is 1.53 bits per heavy atom. The minimum absolute atomic E-state index is 0.588. The molecule has 0 radical (unpaired) electrons. The Balaban J connectivity index is 3.00. The van der Waals surface area contributed by atoms with E-state index in [4.69, 9.17) is 11.6 Å². The van der Waals surface area contributed by atoms with E-state index in [0.29, 0.717) is 9.21 Å². The van der Waals surface area contributed by atoms with E-state index < -0.39 is 21.2 Å². The predicted octanol–water partition coefficient (Wildman–Crippen LogP) is 2.18. The monoisotopic (exact) mass is 268 g/mol. The highest BCUT2D eigenvalue weighted by Crippen LogP contribution is 2.33. The van der Waals surface area contributed by atoms with Gasteiger partial charge < -0.3 is 5.11 Å². The van der Waals surface area contributed by atoms with Gasteiger partial charge in [0.25, 0.3) is 0 Å². The Morgan fingerprint density at radius 3 is 2.40 bits per heavy atom. The molecule has 0 spiro atoms. The van der Waals surface area contributed by atoms with Crippen LogP contribution in [-0.4, -0.2) is 25.0 Å². The summed E-state index contributed by atoms with van der Waals surface area (Å²) >= 11 is 7.07. The number of aliphatic hydroxyl groups excluding tert-OH is 1. The third kappa shape index (κ3) is 2.93. The second kappa shape index (κ2) is 4.41. The fourth-order valence-corrected chi connectivity index (χ4v) is 3.11. The van der Waals surface area contributed by atoms with Crippen molar-refractivity contribution in [3.8, 4) is 0 Å². The summed E-state index contributed by atoms with van der Waals surface area (Å²) in [7, 11) is -3.24. The third-order valence-electron chi connectivity index (χ3n) is 2.29. The zero-order valence-electron chi connectivity index (χ0n) is 8.69. The Hall–Kier alpha value is -0.100. The number of hydrogen-bond acceptors (Lipinski definition) is 4. The Kier molecular flexibility index (Phi) is 3.81. The average Bonchev–Trinajstić information content (AvgIpc) is 2.43. The van der Waals surface area contributed by atoms with Crippen LogP contribution in [0.15, 0.2) is 6.07 Å². The summed E-state index contributed by atoms with van der Waals surface area (Å²) in [5.74, 6) is 0. The summed E-state index contributed by atoms with van der Waals surface area (Å²) in [5.41, 5.74) is 0.858. The lowest BCUT2D eigenvalue weighted by Gasteiger charge is -2.15. The zero-order valence-corrected chi connectivity index (χ0v) is 11.1. The number of rotatable bonds is 3. The summed E-state index contributed by atoms with van der Waals surface area (Å²) in [6.07, 6.45) is 0.111. The van der Waals surface area contributed by atoms with Crippen molar-refractivity contribution in [3.05, 3.63) is 20.8 Å². The maximum absolute atomic E-state index is 11.2. The topological polar surface area (TPSA) is 54.4 Å². The molecule has 15 heavy (non-hydrogen) atoms. The molecular weight excluding hydrogens is 256 g/mol. The van der Waals surface area contributed by atoms with Gasteiger partial charge in [0.15, 0.2) is 9.84 Å². The van der Waals surface area contributed by atoms with Crippen molar-refractivity contribution >= 4 is 32.8 Å². The van der Waals surface area contributed by atoms with Gasteiger partial charge in [-0.1, -0.05) is 11.6 Å². The van der Waals surface area contributed by atoms with Gasteiger partial charge in [0, 0.05) is 11.1 Å². The standard InChI is InChI=1S/C9H13ClO3S2/c1-5-4-7(14-9(5)10)8(11)6(2)15(3,12)13/h4,6,8,11H,1-3H3. The lowest BCUT2D eigenvalue weighted by Crippen LogP contribution is -2.23. The number of sulfone groups is 1. The first-order chi connectivity index (χ1) is 6.73. The van der Waals surface area contributed by atoms with Crippen LogP contribution in [-0.2, 0) is 9.84 Å². The number of aliphatic hydroxyl groups is 1. The molecule has 0 fully saturated rings. The minimum atomic E-state index is -3.24. The normalized spacial score (nSPS) is 16.3. The average molecular weight is 269 g/mol. The van der Waals surface area contributed by atoms with Crippen LogP contribution in [0.1, 0.15) is 23.5 Å². The van der Waals surface area contributed by atoms with Gasteiger partial charge in [-0.2, -0.15) is 0 Å². The molecule has 0 aliphatic rings. The van der Waals surface area contributed by atoms with E-state index in [1.807, 2.05) is 6.92 Å². The minimum Gasteiger partial charge on any atom is -0.386 e. The molecule has 1 N–H and O–H groups in total. The molecule has 1 heterocycles. The summed E-state index contributed by atoms with van der Waals surface area (Å²) < 4.78 is 23.1. The summed E-state index contributed by atoms with van der Waals surface area (Å²) in [5, 5.41) is 9.02. The number of hydrogen-bond donors (Lipinski definition) is 1. The molecule has 2 unspecified atom stereocenters. The Labute approximate surface area is 98.6 Å². The van der Waals surface area contributed by atoms with Gasteiger partial charge in [0.2, 0.25) is 0 Å². The first kappa shape index (κ1) is 13.0. The van der Waals surface area contributed by atoms with Crippen LogP contribution in [0.2, 0.25) is 4.34 Å². The van der Waals surface area contributed by atoms with Gasteiger partial charge in [-0.3, -0.25) is 0 Å². The van der Waals surface area contributed by atoms with Gasteiger partial charge in [0.05, 0.1) is 9.59 Å². The lowest BCUT2D eigenvalue weighted by molar-refractivity contribution is 0.180. The molecule has 0 saturated carbocycles. The van der Waals surface area contributed by atoms with Crippen molar-refractivity contribution < 1.29 is 13.5 Å². The van der Waals surface area contributed by atoms with Gasteiger partial charge >= 0.3 is 0 Å². The zero-order chi connectivity index (χ0) is 11.8. The predicted molar refractivity (Wildman–Crippen MR) is 63.3 cm³/mol. The number of thiophene rings is 1. The molecule has 2 atom stereocenters. The molecule has 0 saturated heterocycles. The van der Waals surface area contributed by atoms with Gasteiger partial charge in [-0.25, -0.2) is 8.42 Å². The SMILES string of the molecule is Cc1cc(C(O)C(C)S(C)(=O)=O)sc1Cl. The van der Waals surface area contributed by atoms with Crippen molar-refractivity contribution in [2.24, 2.45) is 0 Å². The van der Waals surface area contributed by atoms with Crippen LogP contribution in [0.25, 0.3) is 0 Å². The van der Waals surface area contributed by atoms with Gasteiger partial charge in [-0.05, 0) is 25.5 Å². The molecule has 0 bridgehead atoms. The van der Waals surface area contributed by atoms with Crippen molar-refractivity contribution in [3.63, 3.8) is 0 Å². The largest absolute Gasteiger partial charge is 0.386 e. The van der Waals surface area contributed by atoms with Crippen LogP contribution in [0, 0.1) is 6.92 Å². The highest BCUT2D eigenvalue weighted by molar-refractivity contribution is 7.91. The molecule has 0 aromatic carbocycles. The van der Waals surface area contributed by atoms with Gasteiger partial charge in [-0.15, -0.1) is 11.3 Å². The smallest absolute Gasteiger partial charge is 0.152 e. The maximum Gasteiger partial charge on any atom is 0.152 e. The van der Waals surface area contributed by atoms with Crippen LogP contribution < -0.4 is 0 Å². The molecule has 0 aliphatic carbocycles. The molecule has 3 nitrogen and oxygen atoms in total.